The summed E-state index contributed by atoms with van der Waals surface area (Å²) >= 11 is 6.66. The standard InChI is InChI=1S/C21H22BClF2N4O3/c1-20(2)21(3,4)32-22(31-20)12-7-6-8-13(16(12)23)27-18-15-11(9-14(28-18)17(24)25)10-26-29(5)19(15)30/h6-10,17H,1-5H3,(H,27,28). The van der Waals surface area contributed by atoms with Gasteiger partial charge < -0.3 is 14.6 Å². The number of halogens is 3. The molecule has 1 aliphatic heterocycles. The summed E-state index contributed by atoms with van der Waals surface area (Å²) in [5.41, 5.74) is -1.14. The monoisotopic (exact) mass is 462 g/mol. The lowest BCUT2D eigenvalue weighted by atomic mass is 9.79. The molecule has 3 aromatic rings. The molecule has 0 radical (unpaired) electrons. The predicted molar refractivity (Wildman–Crippen MR) is 120 cm³/mol. The average molecular weight is 463 g/mol. The molecule has 1 N–H and O–H groups in total. The molecule has 2 aromatic heterocycles. The van der Waals surface area contributed by atoms with Crippen LogP contribution in [0.15, 0.2) is 35.3 Å². The molecule has 1 fully saturated rings. The second-order valence-corrected chi connectivity index (χ2v) is 9.03. The summed E-state index contributed by atoms with van der Waals surface area (Å²) in [5.74, 6) is -0.0335. The Hall–Kier alpha value is -2.56. The van der Waals surface area contributed by atoms with Gasteiger partial charge in [-0.1, -0.05) is 23.7 Å². The number of alkyl halides is 2. The van der Waals surface area contributed by atoms with E-state index < -0.39 is 36.0 Å². The highest BCUT2D eigenvalue weighted by Gasteiger charge is 2.52. The summed E-state index contributed by atoms with van der Waals surface area (Å²) in [7, 11) is 0.752. The molecule has 1 saturated heterocycles. The first-order valence-electron chi connectivity index (χ1n) is 9.97. The molecule has 0 aliphatic carbocycles. The lowest BCUT2D eigenvalue weighted by molar-refractivity contribution is 0.00578. The number of fused-ring (bicyclic) bond motifs is 1. The van der Waals surface area contributed by atoms with E-state index in [0.717, 1.165) is 10.7 Å². The van der Waals surface area contributed by atoms with Crippen molar-refractivity contribution in [3.05, 3.63) is 51.5 Å². The number of anilines is 2. The fourth-order valence-electron chi connectivity index (χ4n) is 3.40. The lowest BCUT2D eigenvalue weighted by Gasteiger charge is -2.32. The van der Waals surface area contributed by atoms with Gasteiger partial charge in [-0.2, -0.15) is 5.10 Å². The maximum absolute atomic E-state index is 13.4. The number of rotatable bonds is 4. The van der Waals surface area contributed by atoms with Gasteiger partial charge >= 0.3 is 7.12 Å². The highest BCUT2D eigenvalue weighted by atomic mass is 35.5. The zero-order valence-electron chi connectivity index (χ0n) is 18.2. The van der Waals surface area contributed by atoms with Crippen molar-refractivity contribution in [2.24, 2.45) is 7.05 Å². The second-order valence-electron chi connectivity index (χ2n) is 8.66. The maximum atomic E-state index is 13.4. The van der Waals surface area contributed by atoms with Crippen molar-refractivity contribution in [2.75, 3.05) is 5.32 Å². The Balaban J connectivity index is 1.80. The Bertz CT molecular complexity index is 1250. The summed E-state index contributed by atoms with van der Waals surface area (Å²) < 4.78 is 40.1. The number of nitrogens with one attached hydrogen (secondary N) is 1. The van der Waals surface area contributed by atoms with Crippen LogP contribution in [0.5, 0.6) is 0 Å². The van der Waals surface area contributed by atoms with Crippen LogP contribution in [0.2, 0.25) is 5.02 Å². The molecular formula is C21H22BClF2N4O3. The van der Waals surface area contributed by atoms with Crippen molar-refractivity contribution < 1.29 is 18.1 Å². The van der Waals surface area contributed by atoms with E-state index in [1.165, 1.54) is 13.2 Å². The number of nitrogens with zero attached hydrogens (tertiary/aromatic N) is 3. The smallest absolute Gasteiger partial charge is 0.399 e. The summed E-state index contributed by atoms with van der Waals surface area (Å²) in [6.45, 7) is 7.72. The summed E-state index contributed by atoms with van der Waals surface area (Å²) in [4.78, 5) is 16.7. The first kappa shape index (κ1) is 22.6. The fraction of sp³-hybridized carbons (Fsp3) is 0.381. The molecule has 32 heavy (non-hydrogen) atoms. The molecule has 0 unspecified atom stereocenters. The van der Waals surface area contributed by atoms with E-state index >= 15 is 0 Å². The van der Waals surface area contributed by atoms with Crippen LogP contribution in [0.25, 0.3) is 10.8 Å². The minimum atomic E-state index is -2.82. The van der Waals surface area contributed by atoms with E-state index in [9.17, 15) is 13.6 Å². The van der Waals surface area contributed by atoms with E-state index in [-0.39, 0.29) is 21.6 Å². The van der Waals surface area contributed by atoms with Gasteiger partial charge in [0.25, 0.3) is 12.0 Å². The molecule has 4 rings (SSSR count). The Morgan fingerprint density at radius 1 is 1.19 bits per heavy atom. The average Bonchev–Trinajstić information content (AvgIpc) is 2.93. The van der Waals surface area contributed by atoms with Gasteiger partial charge in [-0.05, 0) is 39.8 Å². The van der Waals surface area contributed by atoms with E-state index in [1.807, 2.05) is 27.7 Å². The summed E-state index contributed by atoms with van der Waals surface area (Å²) in [6, 6.07) is 6.31. The number of hydrogen-bond donors (Lipinski definition) is 1. The molecule has 3 heterocycles. The molecule has 0 saturated carbocycles. The van der Waals surface area contributed by atoms with Gasteiger partial charge in [0.15, 0.2) is 0 Å². The number of aromatic nitrogens is 3. The minimum Gasteiger partial charge on any atom is -0.399 e. The number of hydrogen-bond acceptors (Lipinski definition) is 6. The third-order valence-electron chi connectivity index (χ3n) is 5.96. The van der Waals surface area contributed by atoms with Gasteiger partial charge in [0.05, 0.1) is 33.5 Å². The molecule has 0 amide bonds. The molecule has 0 spiro atoms. The largest absolute Gasteiger partial charge is 0.496 e. The van der Waals surface area contributed by atoms with Crippen molar-refractivity contribution >= 4 is 46.5 Å². The third-order valence-corrected chi connectivity index (χ3v) is 6.38. The number of benzene rings is 1. The quantitative estimate of drug-likeness (QED) is 0.591. The van der Waals surface area contributed by atoms with Gasteiger partial charge in [-0.15, -0.1) is 0 Å². The highest BCUT2D eigenvalue weighted by Crippen LogP contribution is 2.38. The van der Waals surface area contributed by atoms with Gasteiger partial charge in [0.2, 0.25) is 0 Å². The molecule has 11 heteroatoms. The first-order chi connectivity index (χ1) is 14.9. The van der Waals surface area contributed by atoms with Crippen molar-refractivity contribution in [3.8, 4) is 0 Å². The van der Waals surface area contributed by atoms with Crippen LogP contribution < -0.4 is 16.3 Å². The highest BCUT2D eigenvalue weighted by molar-refractivity contribution is 6.66. The van der Waals surface area contributed by atoms with E-state index in [1.54, 1.807) is 18.2 Å². The van der Waals surface area contributed by atoms with Crippen molar-refractivity contribution in [1.82, 2.24) is 14.8 Å². The molecule has 1 aliphatic rings. The molecule has 168 valence electrons. The summed E-state index contributed by atoms with van der Waals surface area (Å²) in [6.07, 6.45) is -1.48. The zero-order chi connectivity index (χ0) is 23.4. The Kier molecular flexibility index (Phi) is 5.51. The van der Waals surface area contributed by atoms with Gasteiger partial charge in [0.1, 0.15) is 11.5 Å². The van der Waals surface area contributed by atoms with Crippen LogP contribution in [-0.2, 0) is 16.4 Å². The fourth-order valence-corrected chi connectivity index (χ4v) is 3.67. The van der Waals surface area contributed by atoms with Gasteiger partial charge in [-0.25, -0.2) is 18.4 Å². The van der Waals surface area contributed by atoms with Crippen LogP contribution in [-0.4, -0.2) is 33.1 Å². The van der Waals surface area contributed by atoms with Crippen LogP contribution in [0.3, 0.4) is 0 Å². The summed E-state index contributed by atoms with van der Waals surface area (Å²) in [5, 5.41) is 7.52. The van der Waals surface area contributed by atoms with Gasteiger partial charge in [-0.3, -0.25) is 4.79 Å². The van der Waals surface area contributed by atoms with Crippen LogP contribution in [0.1, 0.15) is 39.8 Å². The number of pyridine rings is 1. The zero-order valence-corrected chi connectivity index (χ0v) is 19.0. The van der Waals surface area contributed by atoms with Crippen LogP contribution in [0.4, 0.5) is 20.3 Å². The molecule has 0 atom stereocenters. The van der Waals surface area contributed by atoms with Crippen molar-refractivity contribution in [1.29, 1.82) is 0 Å². The predicted octanol–water partition coefficient (Wildman–Crippen LogP) is 3.96. The van der Waals surface area contributed by atoms with E-state index in [0.29, 0.717) is 11.2 Å². The Morgan fingerprint density at radius 2 is 1.84 bits per heavy atom. The minimum absolute atomic E-state index is 0.0335. The number of aryl methyl sites for hydroxylation is 1. The topological polar surface area (TPSA) is 78.3 Å². The molecule has 7 nitrogen and oxygen atoms in total. The third kappa shape index (κ3) is 3.76. The van der Waals surface area contributed by atoms with Crippen molar-refractivity contribution in [3.63, 3.8) is 0 Å². The van der Waals surface area contributed by atoms with Gasteiger partial charge in [0, 0.05) is 17.9 Å². The van der Waals surface area contributed by atoms with E-state index in [4.69, 9.17) is 20.9 Å². The second kappa shape index (κ2) is 7.79. The maximum Gasteiger partial charge on any atom is 0.496 e. The molecule has 0 bridgehead atoms. The lowest BCUT2D eigenvalue weighted by Crippen LogP contribution is -2.41. The normalized spacial score (nSPS) is 17.3. The molecule has 1 aromatic carbocycles. The SMILES string of the molecule is Cn1ncc2cc(C(F)F)nc(Nc3cccc(B4OC(C)(C)C(C)(C)O4)c3Cl)c2c1=O. The molecular weight excluding hydrogens is 441 g/mol. The van der Waals surface area contributed by atoms with E-state index in [2.05, 4.69) is 15.4 Å². The Morgan fingerprint density at radius 3 is 2.47 bits per heavy atom. The van der Waals surface area contributed by atoms with Crippen LogP contribution >= 0.6 is 11.6 Å². The first-order valence-corrected chi connectivity index (χ1v) is 10.4. The Labute approximate surface area is 188 Å². The van der Waals surface area contributed by atoms with Crippen molar-refractivity contribution in [2.45, 2.75) is 45.3 Å². The van der Waals surface area contributed by atoms with Crippen LogP contribution in [0, 0.1) is 0 Å².